The number of nitrogens with two attached hydrogens (primary N) is 1. The first-order valence-electron chi connectivity index (χ1n) is 6.16. The van der Waals surface area contributed by atoms with Crippen LogP contribution in [0.2, 0.25) is 0 Å². The van der Waals surface area contributed by atoms with Crippen molar-refractivity contribution >= 4 is 0 Å². The molecule has 1 saturated carbocycles. The van der Waals surface area contributed by atoms with E-state index in [9.17, 15) is 0 Å². The van der Waals surface area contributed by atoms with Crippen LogP contribution < -0.4 is 11.1 Å². The average molecular weight is 218 g/mol. The van der Waals surface area contributed by atoms with Crippen molar-refractivity contribution in [1.29, 1.82) is 0 Å². The largest absolute Gasteiger partial charge is 0.323 e. The maximum Gasteiger partial charge on any atom is 0.0421 e. The van der Waals surface area contributed by atoms with Crippen LogP contribution in [-0.2, 0) is 0 Å². The fourth-order valence-corrected chi connectivity index (χ4v) is 2.17. The van der Waals surface area contributed by atoms with Crippen molar-refractivity contribution in [3.63, 3.8) is 0 Å². The summed E-state index contributed by atoms with van der Waals surface area (Å²) >= 11 is 0. The van der Waals surface area contributed by atoms with E-state index in [1.165, 1.54) is 30.4 Å². The third-order valence-electron chi connectivity index (χ3n) is 3.71. The minimum Gasteiger partial charge on any atom is -0.323 e. The van der Waals surface area contributed by atoms with E-state index in [4.69, 9.17) is 5.73 Å². The molecule has 0 aromatic heterocycles. The van der Waals surface area contributed by atoms with Crippen LogP contribution in [0.15, 0.2) is 24.3 Å². The molecule has 0 amide bonds. The molecule has 1 aliphatic carbocycles. The number of aryl methyl sites for hydroxylation is 1. The second kappa shape index (κ2) is 4.56. The molecule has 1 fully saturated rings. The van der Waals surface area contributed by atoms with Gasteiger partial charge in [0, 0.05) is 18.1 Å². The van der Waals surface area contributed by atoms with E-state index in [2.05, 4.69) is 43.4 Å². The van der Waals surface area contributed by atoms with Crippen molar-refractivity contribution in [3.05, 3.63) is 35.4 Å². The van der Waals surface area contributed by atoms with Crippen molar-refractivity contribution in [2.45, 2.75) is 44.7 Å². The molecule has 1 aromatic carbocycles. The van der Waals surface area contributed by atoms with Gasteiger partial charge >= 0.3 is 0 Å². The van der Waals surface area contributed by atoms with Crippen LogP contribution in [0.3, 0.4) is 0 Å². The average Bonchev–Trinajstić information content (AvgIpc) is 2.24. The van der Waals surface area contributed by atoms with Gasteiger partial charge in [-0.05, 0) is 38.7 Å². The first-order valence-corrected chi connectivity index (χ1v) is 6.16. The maximum atomic E-state index is 6.17. The molecule has 0 spiro atoms. The normalized spacial score (nSPS) is 20.2. The Morgan fingerprint density at radius 2 is 1.94 bits per heavy atom. The van der Waals surface area contributed by atoms with Crippen LogP contribution in [0, 0.1) is 6.92 Å². The summed E-state index contributed by atoms with van der Waals surface area (Å²) in [5.41, 5.74) is 9.03. The summed E-state index contributed by atoms with van der Waals surface area (Å²) in [7, 11) is 0. The van der Waals surface area contributed by atoms with E-state index >= 15 is 0 Å². The topological polar surface area (TPSA) is 38.0 Å². The molecule has 0 radical (unpaired) electrons. The molecule has 2 nitrogen and oxygen atoms in total. The van der Waals surface area contributed by atoms with Crippen LogP contribution in [0.25, 0.3) is 0 Å². The third kappa shape index (κ3) is 2.63. The van der Waals surface area contributed by atoms with Crippen LogP contribution in [0.1, 0.15) is 43.4 Å². The van der Waals surface area contributed by atoms with Gasteiger partial charge in [-0.25, -0.2) is 0 Å². The molecule has 0 heterocycles. The Morgan fingerprint density at radius 3 is 2.44 bits per heavy atom. The highest BCUT2D eigenvalue weighted by Gasteiger charge is 2.31. The maximum absolute atomic E-state index is 6.17. The molecule has 88 valence electrons. The Kier molecular flexibility index (Phi) is 3.31. The summed E-state index contributed by atoms with van der Waals surface area (Å²) in [6.07, 6.45) is 3.92. The molecule has 0 bridgehead atoms. The molecule has 16 heavy (non-hydrogen) atoms. The van der Waals surface area contributed by atoms with Crippen LogP contribution >= 0.6 is 0 Å². The summed E-state index contributed by atoms with van der Waals surface area (Å²) in [5.74, 6) is 0. The molecule has 0 aliphatic heterocycles. The number of hydrogen-bond acceptors (Lipinski definition) is 2. The quantitative estimate of drug-likeness (QED) is 0.815. The molecule has 2 heteroatoms. The fraction of sp³-hybridized carbons (Fsp3) is 0.571. The van der Waals surface area contributed by atoms with E-state index < -0.39 is 0 Å². The zero-order valence-electron chi connectivity index (χ0n) is 10.3. The molecule has 1 atom stereocenters. The van der Waals surface area contributed by atoms with Gasteiger partial charge in [-0.2, -0.15) is 0 Å². The zero-order chi connectivity index (χ0) is 11.6. The van der Waals surface area contributed by atoms with Crippen LogP contribution in [0.5, 0.6) is 0 Å². The number of rotatable bonds is 4. The van der Waals surface area contributed by atoms with Crippen molar-refractivity contribution in [2.24, 2.45) is 5.73 Å². The van der Waals surface area contributed by atoms with Gasteiger partial charge in [-0.3, -0.25) is 0 Å². The van der Waals surface area contributed by atoms with E-state index in [0.29, 0.717) is 5.54 Å². The van der Waals surface area contributed by atoms with E-state index in [0.717, 1.165) is 6.54 Å². The van der Waals surface area contributed by atoms with Crippen molar-refractivity contribution < 1.29 is 0 Å². The Morgan fingerprint density at radius 1 is 1.31 bits per heavy atom. The monoisotopic (exact) mass is 218 g/mol. The molecular formula is C14H22N2. The fourth-order valence-electron chi connectivity index (χ4n) is 2.17. The highest BCUT2D eigenvalue weighted by molar-refractivity contribution is 5.24. The number of nitrogens with one attached hydrogen (secondary N) is 1. The smallest absolute Gasteiger partial charge is 0.0421 e. The Bertz CT molecular complexity index is 338. The lowest BCUT2D eigenvalue weighted by Crippen LogP contribution is -2.50. The minimum atomic E-state index is 0.109. The summed E-state index contributed by atoms with van der Waals surface area (Å²) in [4.78, 5) is 0. The molecule has 3 N–H and O–H groups in total. The van der Waals surface area contributed by atoms with Gasteiger partial charge < -0.3 is 11.1 Å². The van der Waals surface area contributed by atoms with Crippen LogP contribution in [-0.4, -0.2) is 12.1 Å². The standard InChI is InChI=1S/C14H22N2/c1-11-4-6-12(7-5-11)13(15)10-16-14(2)8-3-9-14/h4-7,13,16H,3,8-10,15H2,1-2H3. The summed E-state index contributed by atoms with van der Waals surface area (Å²) < 4.78 is 0. The van der Waals surface area contributed by atoms with Gasteiger partial charge in [0.05, 0.1) is 0 Å². The Balaban J connectivity index is 1.87. The first-order chi connectivity index (χ1) is 7.59. The van der Waals surface area contributed by atoms with Gasteiger partial charge in [0.1, 0.15) is 0 Å². The highest BCUT2D eigenvalue weighted by atomic mass is 15.0. The second-order valence-corrected chi connectivity index (χ2v) is 5.31. The van der Waals surface area contributed by atoms with Crippen molar-refractivity contribution in [1.82, 2.24) is 5.32 Å². The molecule has 1 aromatic rings. The first kappa shape index (κ1) is 11.6. The number of hydrogen-bond donors (Lipinski definition) is 2. The lowest BCUT2D eigenvalue weighted by Gasteiger charge is -2.40. The summed E-state index contributed by atoms with van der Waals surface area (Å²) in [5, 5.41) is 3.58. The van der Waals surface area contributed by atoms with Gasteiger partial charge in [0.2, 0.25) is 0 Å². The summed E-state index contributed by atoms with van der Waals surface area (Å²) in [6, 6.07) is 8.62. The zero-order valence-corrected chi connectivity index (χ0v) is 10.3. The summed E-state index contributed by atoms with van der Waals surface area (Å²) in [6.45, 7) is 5.26. The van der Waals surface area contributed by atoms with Crippen molar-refractivity contribution in [3.8, 4) is 0 Å². The molecule has 0 saturated heterocycles. The predicted octanol–water partition coefficient (Wildman–Crippen LogP) is 2.53. The molecular weight excluding hydrogens is 196 g/mol. The van der Waals surface area contributed by atoms with E-state index in [1.807, 2.05) is 0 Å². The minimum absolute atomic E-state index is 0.109. The third-order valence-corrected chi connectivity index (χ3v) is 3.71. The number of benzene rings is 1. The van der Waals surface area contributed by atoms with E-state index in [1.54, 1.807) is 0 Å². The van der Waals surface area contributed by atoms with Crippen molar-refractivity contribution in [2.75, 3.05) is 6.54 Å². The molecule has 1 aliphatic rings. The van der Waals surface area contributed by atoms with Crippen LogP contribution in [0.4, 0.5) is 0 Å². The lowest BCUT2D eigenvalue weighted by atomic mass is 9.78. The van der Waals surface area contributed by atoms with E-state index in [-0.39, 0.29) is 6.04 Å². The highest BCUT2D eigenvalue weighted by Crippen LogP contribution is 2.31. The lowest BCUT2D eigenvalue weighted by molar-refractivity contribution is 0.205. The molecule has 1 unspecified atom stereocenters. The predicted molar refractivity (Wildman–Crippen MR) is 68.4 cm³/mol. The Labute approximate surface area is 98.2 Å². The van der Waals surface area contributed by atoms with Gasteiger partial charge in [-0.15, -0.1) is 0 Å². The SMILES string of the molecule is Cc1ccc(C(N)CNC2(C)CCC2)cc1. The van der Waals surface area contributed by atoms with Gasteiger partial charge in [0.15, 0.2) is 0 Å². The van der Waals surface area contributed by atoms with Gasteiger partial charge in [0.25, 0.3) is 0 Å². The second-order valence-electron chi connectivity index (χ2n) is 5.31. The Hall–Kier alpha value is -0.860. The molecule has 2 rings (SSSR count). The van der Waals surface area contributed by atoms with Gasteiger partial charge in [-0.1, -0.05) is 29.8 Å².